The van der Waals surface area contributed by atoms with E-state index in [0.717, 1.165) is 38.5 Å². The highest BCUT2D eigenvalue weighted by molar-refractivity contribution is 5.87. The molecule has 4 aliphatic rings. The molecule has 5 heteroatoms. The summed E-state index contributed by atoms with van der Waals surface area (Å²) in [6.45, 7) is 8.43. The van der Waals surface area contributed by atoms with Crippen LogP contribution in [0.1, 0.15) is 91.9 Å². The normalized spacial score (nSPS) is 44.1. The monoisotopic (exact) mass is 446 g/mol. The number of Topliss-reactive ketones (excluding diaryl/α,β-unsaturated/α-hetero) is 1. The SMILES string of the molecule is COC(=O)CC[C@@H](C)[C@H]1CC[C@H]2C3CC[C@@H]4C[C@H](OC(C)=O)CC[C@]4(C)[C@H]3CC(=O)[C@]12C. The zero-order chi connectivity index (χ0) is 23.3. The van der Waals surface area contributed by atoms with Crippen molar-refractivity contribution >= 4 is 17.7 Å². The maximum atomic E-state index is 13.8. The van der Waals surface area contributed by atoms with Crippen molar-refractivity contribution in [2.45, 2.75) is 98.0 Å². The number of hydrogen-bond donors (Lipinski definition) is 0. The summed E-state index contributed by atoms with van der Waals surface area (Å²) in [4.78, 5) is 37.0. The van der Waals surface area contributed by atoms with Crippen molar-refractivity contribution in [2.24, 2.45) is 46.3 Å². The Hall–Kier alpha value is -1.39. The molecule has 0 aromatic rings. The third kappa shape index (κ3) is 3.81. The minimum absolute atomic E-state index is 0.0539. The molecule has 0 aromatic heterocycles. The summed E-state index contributed by atoms with van der Waals surface area (Å²) in [6, 6.07) is 0. The summed E-state index contributed by atoms with van der Waals surface area (Å²) >= 11 is 0. The average Bonchev–Trinajstić information content (AvgIpc) is 3.11. The van der Waals surface area contributed by atoms with Gasteiger partial charge in [0.1, 0.15) is 11.9 Å². The standard InChI is InChI=1S/C27H42O5/c1-16(6-11-25(30)31-5)21-9-10-22-20-8-7-18-14-19(32-17(2)28)12-13-26(18,3)23(20)15-24(29)27(21,22)4/h16,18-23H,6-15H2,1-5H3/t16-,18-,19-,20?,21-,22+,23+,26+,27-/m1/s1. The first kappa shape index (κ1) is 23.8. The number of methoxy groups -OCH3 is 1. The first-order valence-corrected chi connectivity index (χ1v) is 12.9. The summed E-state index contributed by atoms with van der Waals surface area (Å²) in [7, 11) is 1.45. The van der Waals surface area contributed by atoms with Gasteiger partial charge in [-0.1, -0.05) is 20.8 Å². The van der Waals surface area contributed by atoms with E-state index in [4.69, 9.17) is 9.47 Å². The summed E-state index contributed by atoms with van der Waals surface area (Å²) in [5.41, 5.74) is -0.0556. The second kappa shape index (κ2) is 8.76. The van der Waals surface area contributed by atoms with E-state index >= 15 is 0 Å². The molecule has 0 radical (unpaired) electrons. The number of ether oxygens (including phenoxy) is 2. The highest BCUT2D eigenvalue weighted by atomic mass is 16.5. The van der Waals surface area contributed by atoms with Crippen LogP contribution < -0.4 is 0 Å². The first-order valence-electron chi connectivity index (χ1n) is 12.9. The maximum Gasteiger partial charge on any atom is 0.305 e. The molecular formula is C27H42O5. The quantitative estimate of drug-likeness (QED) is 0.533. The van der Waals surface area contributed by atoms with Crippen LogP contribution in [0.5, 0.6) is 0 Å². The molecule has 4 fully saturated rings. The fourth-order valence-electron chi connectivity index (χ4n) is 8.86. The lowest BCUT2D eigenvalue weighted by atomic mass is 9.44. The molecule has 0 spiro atoms. The van der Waals surface area contributed by atoms with Gasteiger partial charge in [0.15, 0.2) is 0 Å². The molecule has 0 saturated heterocycles. The van der Waals surface area contributed by atoms with Gasteiger partial charge in [0.2, 0.25) is 0 Å². The number of hydrogen-bond acceptors (Lipinski definition) is 5. The molecule has 0 N–H and O–H groups in total. The van der Waals surface area contributed by atoms with E-state index in [9.17, 15) is 14.4 Å². The summed E-state index contributed by atoms with van der Waals surface area (Å²) in [6.07, 6.45) is 9.61. The van der Waals surface area contributed by atoms with Crippen LogP contribution in [0, 0.1) is 46.3 Å². The number of carbonyl (C=O) groups is 3. The van der Waals surface area contributed by atoms with Crippen LogP contribution in [-0.4, -0.2) is 30.9 Å². The summed E-state index contributed by atoms with van der Waals surface area (Å²) < 4.78 is 10.4. The minimum atomic E-state index is -0.241. The van der Waals surface area contributed by atoms with E-state index in [2.05, 4.69) is 20.8 Å². The van der Waals surface area contributed by atoms with Crippen molar-refractivity contribution in [2.75, 3.05) is 7.11 Å². The van der Waals surface area contributed by atoms with Crippen LogP contribution in [0.3, 0.4) is 0 Å². The molecule has 0 bridgehead atoms. The Morgan fingerprint density at radius 3 is 2.53 bits per heavy atom. The molecule has 180 valence electrons. The lowest BCUT2D eigenvalue weighted by Gasteiger charge is -2.60. The smallest absolute Gasteiger partial charge is 0.305 e. The van der Waals surface area contributed by atoms with Gasteiger partial charge in [0, 0.05) is 25.2 Å². The third-order valence-corrected chi connectivity index (χ3v) is 10.6. The number of esters is 2. The molecule has 4 saturated carbocycles. The molecule has 0 amide bonds. The van der Waals surface area contributed by atoms with Gasteiger partial charge in [-0.3, -0.25) is 14.4 Å². The van der Waals surface area contributed by atoms with Gasteiger partial charge in [0.05, 0.1) is 7.11 Å². The number of carbonyl (C=O) groups excluding carboxylic acids is 3. The average molecular weight is 447 g/mol. The second-order valence-electron chi connectivity index (χ2n) is 11.8. The molecule has 0 aromatic carbocycles. The second-order valence-corrected chi connectivity index (χ2v) is 11.8. The van der Waals surface area contributed by atoms with Crippen LogP contribution in [0.15, 0.2) is 0 Å². The molecule has 32 heavy (non-hydrogen) atoms. The van der Waals surface area contributed by atoms with Crippen LogP contribution in [0.4, 0.5) is 0 Å². The van der Waals surface area contributed by atoms with Crippen molar-refractivity contribution < 1.29 is 23.9 Å². The summed E-state index contributed by atoms with van der Waals surface area (Å²) in [5.74, 6) is 3.00. The Balaban J connectivity index is 1.50. The Kier molecular flexibility index (Phi) is 6.50. The van der Waals surface area contributed by atoms with E-state index in [1.807, 2.05) is 0 Å². The van der Waals surface area contributed by atoms with Crippen molar-refractivity contribution in [3.05, 3.63) is 0 Å². The minimum Gasteiger partial charge on any atom is -0.469 e. The number of ketones is 1. The Morgan fingerprint density at radius 2 is 1.84 bits per heavy atom. The van der Waals surface area contributed by atoms with Crippen molar-refractivity contribution in [1.29, 1.82) is 0 Å². The molecule has 4 aliphatic carbocycles. The molecule has 9 atom stereocenters. The van der Waals surface area contributed by atoms with Gasteiger partial charge >= 0.3 is 11.9 Å². The van der Waals surface area contributed by atoms with Crippen LogP contribution in [-0.2, 0) is 23.9 Å². The van der Waals surface area contributed by atoms with Crippen LogP contribution in [0.2, 0.25) is 0 Å². The maximum absolute atomic E-state index is 13.8. The summed E-state index contributed by atoms with van der Waals surface area (Å²) in [5, 5.41) is 0. The highest BCUT2D eigenvalue weighted by Gasteiger charge is 2.64. The molecule has 1 unspecified atom stereocenters. The Morgan fingerprint density at radius 1 is 1.09 bits per heavy atom. The van der Waals surface area contributed by atoms with E-state index in [0.29, 0.717) is 54.1 Å². The lowest BCUT2D eigenvalue weighted by Crippen LogP contribution is -2.57. The Bertz CT molecular complexity index is 761. The fraction of sp³-hybridized carbons (Fsp3) is 0.889. The van der Waals surface area contributed by atoms with Crippen LogP contribution in [0.25, 0.3) is 0 Å². The van der Waals surface area contributed by atoms with E-state index in [-0.39, 0.29) is 28.9 Å². The van der Waals surface area contributed by atoms with Crippen molar-refractivity contribution in [1.82, 2.24) is 0 Å². The zero-order valence-electron chi connectivity index (χ0n) is 20.7. The van der Waals surface area contributed by atoms with Gasteiger partial charge in [-0.15, -0.1) is 0 Å². The number of fused-ring (bicyclic) bond motifs is 5. The van der Waals surface area contributed by atoms with Crippen LogP contribution >= 0.6 is 0 Å². The molecule has 4 rings (SSSR count). The van der Waals surface area contributed by atoms with Crippen molar-refractivity contribution in [3.8, 4) is 0 Å². The predicted molar refractivity (Wildman–Crippen MR) is 122 cm³/mol. The lowest BCUT2D eigenvalue weighted by molar-refractivity contribution is -0.167. The third-order valence-electron chi connectivity index (χ3n) is 10.6. The molecule has 0 heterocycles. The zero-order valence-corrected chi connectivity index (χ0v) is 20.7. The Labute approximate surface area is 193 Å². The van der Waals surface area contributed by atoms with E-state index in [1.54, 1.807) is 0 Å². The largest absolute Gasteiger partial charge is 0.469 e. The van der Waals surface area contributed by atoms with E-state index in [1.165, 1.54) is 26.9 Å². The van der Waals surface area contributed by atoms with Gasteiger partial charge in [-0.25, -0.2) is 0 Å². The van der Waals surface area contributed by atoms with Crippen molar-refractivity contribution in [3.63, 3.8) is 0 Å². The van der Waals surface area contributed by atoms with Gasteiger partial charge < -0.3 is 9.47 Å². The van der Waals surface area contributed by atoms with Gasteiger partial charge in [-0.05, 0) is 92.3 Å². The molecule has 0 aliphatic heterocycles. The van der Waals surface area contributed by atoms with E-state index < -0.39 is 0 Å². The molecule has 5 nitrogen and oxygen atoms in total. The fourth-order valence-corrected chi connectivity index (χ4v) is 8.86. The first-order chi connectivity index (χ1) is 15.1. The highest BCUT2D eigenvalue weighted by Crippen LogP contribution is 2.67. The topological polar surface area (TPSA) is 69.7 Å². The predicted octanol–water partition coefficient (Wildman–Crippen LogP) is 5.35. The van der Waals surface area contributed by atoms with Gasteiger partial charge in [-0.2, -0.15) is 0 Å². The molecular weight excluding hydrogens is 404 g/mol. The number of rotatable bonds is 5. The van der Waals surface area contributed by atoms with Gasteiger partial charge in [0.25, 0.3) is 0 Å².